The highest BCUT2D eigenvalue weighted by Crippen LogP contribution is 2.20. The van der Waals surface area contributed by atoms with Gasteiger partial charge in [-0.15, -0.1) is 11.8 Å². The molecular formula is C16H16F2N2O2S. The number of carbonyl (C=O) groups excluding carboxylic acids is 1. The molecule has 0 aliphatic carbocycles. The van der Waals surface area contributed by atoms with Gasteiger partial charge in [0.05, 0.1) is 17.2 Å². The molecule has 0 aliphatic rings. The second kappa shape index (κ2) is 7.52. The van der Waals surface area contributed by atoms with Gasteiger partial charge in [-0.3, -0.25) is 4.79 Å². The Hall–Kier alpha value is -1.99. The quantitative estimate of drug-likeness (QED) is 0.823. The number of hydrogen-bond acceptors (Lipinski definition) is 4. The van der Waals surface area contributed by atoms with Crippen molar-refractivity contribution >= 4 is 17.7 Å². The molecule has 4 nitrogen and oxygen atoms in total. The summed E-state index contributed by atoms with van der Waals surface area (Å²) >= 11 is 1.41. The number of halogens is 2. The molecule has 1 amide bonds. The van der Waals surface area contributed by atoms with E-state index in [1.807, 2.05) is 6.26 Å². The van der Waals surface area contributed by atoms with Gasteiger partial charge in [0.15, 0.2) is 11.6 Å². The highest BCUT2D eigenvalue weighted by molar-refractivity contribution is 7.98. The topological polar surface area (TPSA) is 62.2 Å². The van der Waals surface area contributed by atoms with Crippen molar-refractivity contribution in [2.75, 3.05) is 6.26 Å². The van der Waals surface area contributed by atoms with Gasteiger partial charge in [0.1, 0.15) is 0 Å². The van der Waals surface area contributed by atoms with Crippen LogP contribution in [0.1, 0.15) is 28.9 Å². The Labute approximate surface area is 136 Å². The van der Waals surface area contributed by atoms with Crippen molar-refractivity contribution in [2.45, 2.75) is 24.1 Å². The van der Waals surface area contributed by atoms with Crippen LogP contribution in [0.2, 0.25) is 0 Å². The number of aliphatic hydroxyl groups is 1. The average molecular weight is 338 g/mol. The smallest absolute Gasteiger partial charge is 0.251 e. The third kappa shape index (κ3) is 4.27. The molecule has 23 heavy (non-hydrogen) atoms. The van der Waals surface area contributed by atoms with Gasteiger partial charge in [-0.25, -0.2) is 13.8 Å². The van der Waals surface area contributed by atoms with Crippen molar-refractivity contribution in [3.8, 4) is 0 Å². The molecule has 0 saturated carbocycles. The monoisotopic (exact) mass is 338 g/mol. The molecule has 1 aromatic heterocycles. The lowest BCUT2D eigenvalue weighted by atomic mass is 10.0. The number of rotatable bonds is 5. The number of nitrogens with zero attached hydrogens (tertiary/aromatic N) is 1. The Bertz CT molecular complexity index is 712. The molecule has 0 fully saturated rings. The van der Waals surface area contributed by atoms with Crippen LogP contribution in [0.4, 0.5) is 8.78 Å². The molecule has 2 unspecified atom stereocenters. The summed E-state index contributed by atoms with van der Waals surface area (Å²) in [5.41, 5.74) is 0.602. The Morgan fingerprint density at radius 2 is 2.00 bits per heavy atom. The van der Waals surface area contributed by atoms with Crippen molar-refractivity contribution in [1.82, 2.24) is 10.3 Å². The van der Waals surface area contributed by atoms with Gasteiger partial charge in [0.2, 0.25) is 0 Å². The molecule has 0 spiro atoms. The molecule has 0 saturated heterocycles. The SMILES string of the molecule is CSc1cc(C(=O)NC(C)C(O)c2ccc(F)c(F)c2)ccn1. The maximum atomic E-state index is 13.2. The Morgan fingerprint density at radius 1 is 1.26 bits per heavy atom. The first-order valence-electron chi connectivity index (χ1n) is 6.86. The summed E-state index contributed by atoms with van der Waals surface area (Å²) in [5, 5.41) is 13.5. The predicted molar refractivity (Wildman–Crippen MR) is 84.3 cm³/mol. The second-order valence-electron chi connectivity index (χ2n) is 4.97. The van der Waals surface area contributed by atoms with E-state index >= 15 is 0 Å². The van der Waals surface area contributed by atoms with Crippen LogP contribution in [0.15, 0.2) is 41.6 Å². The molecule has 1 heterocycles. The summed E-state index contributed by atoms with van der Waals surface area (Å²) < 4.78 is 26.2. The number of thioether (sulfide) groups is 1. The number of aliphatic hydroxyl groups excluding tert-OH is 1. The molecule has 2 atom stereocenters. The number of aromatic nitrogens is 1. The lowest BCUT2D eigenvalue weighted by molar-refractivity contribution is 0.0851. The maximum absolute atomic E-state index is 13.2. The van der Waals surface area contributed by atoms with Crippen LogP contribution >= 0.6 is 11.8 Å². The minimum atomic E-state index is -1.16. The predicted octanol–water partition coefficient (Wildman–Crippen LogP) is 2.93. The third-order valence-electron chi connectivity index (χ3n) is 3.32. The molecule has 0 bridgehead atoms. The number of hydrogen-bond donors (Lipinski definition) is 2. The van der Waals surface area contributed by atoms with Crippen LogP contribution in [-0.4, -0.2) is 28.3 Å². The fraction of sp³-hybridized carbons (Fsp3) is 0.250. The molecule has 2 N–H and O–H groups in total. The summed E-state index contributed by atoms with van der Waals surface area (Å²) in [6.45, 7) is 1.58. The molecule has 1 aromatic carbocycles. The number of carbonyl (C=O) groups is 1. The van der Waals surface area contributed by atoms with E-state index in [1.165, 1.54) is 24.0 Å². The van der Waals surface area contributed by atoms with E-state index in [2.05, 4.69) is 10.3 Å². The standard InChI is InChI=1S/C16H16F2N2O2S/c1-9(15(21)10-3-4-12(17)13(18)7-10)20-16(22)11-5-6-19-14(8-11)23-2/h3-9,15,21H,1-2H3,(H,20,22). The van der Waals surface area contributed by atoms with Gasteiger partial charge in [0.25, 0.3) is 5.91 Å². The molecule has 2 rings (SSSR count). The summed E-state index contributed by atoms with van der Waals surface area (Å²) in [5.74, 6) is -2.41. The summed E-state index contributed by atoms with van der Waals surface area (Å²) in [6.07, 6.45) is 2.22. The summed E-state index contributed by atoms with van der Waals surface area (Å²) in [7, 11) is 0. The van der Waals surface area contributed by atoms with E-state index in [0.717, 1.165) is 12.1 Å². The lowest BCUT2D eigenvalue weighted by Gasteiger charge is -2.21. The fourth-order valence-corrected chi connectivity index (χ4v) is 2.43. The Balaban J connectivity index is 2.09. The van der Waals surface area contributed by atoms with Gasteiger partial charge in [-0.2, -0.15) is 0 Å². The largest absolute Gasteiger partial charge is 0.386 e. The zero-order valence-electron chi connectivity index (χ0n) is 12.6. The van der Waals surface area contributed by atoms with Crippen LogP contribution in [0.3, 0.4) is 0 Å². The van der Waals surface area contributed by atoms with E-state index in [-0.39, 0.29) is 11.5 Å². The first-order chi connectivity index (χ1) is 10.9. The van der Waals surface area contributed by atoms with Crippen molar-refractivity contribution in [2.24, 2.45) is 0 Å². The lowest BCUT2D eigenvalue weighted by Crippen LogP contribution is -2.37. The molecule has 0 aliphatic heterocycles. The molecule has 122 valence electrons. The van der Waals surface area contributed by atoms with Crippen molar-refractivity contribution < 1.29 is 18.7 Å². The molecule has 2 aromatic rings. The summed E-state index contributed by atoms with van der Waals surface area (Å²) in [4.78, 5) is 16.3. The van der Waals surface area contributed by atoms with E-state index < -0.39 is 23.8 Å². The molecular weight excluding hydrogens is 322 g/mol. The van der Waals surface area contributed by atoms with E-state index in [0.29, 0.717) is 10.6 Å². The van der Waals surface area contributed by atoms with Crippen LogP contribution in [0.25, 0.3) is 0 Å². The highest BCUT2D eigenvalue weighted by Gasteiger charge is 2.20. The number of pyridine rings is 1. The maximum Gasteiger partial charge on any atom is 0.251 e. The van der Waals surface area contributed by atoms with Gasteiger partial charge < -0.3 is 10.4 Å². The Morgan fingerprint density at radius 3 is 2.65 bits per heavy atom. The highest BCUT2D eigenvalue weighted by atomic mass is 32.2. The van der Waals surface area contributed by atoms with Gasteiger partial charge in [-0.05, 0) is 43.0 Å². The minimum Gasteiger partial charge on any atom is -0.386 e. The van der Waals surface area contributed by atoms with Crippen LogP contribution in [0, 0.1) is 11.6 Å². The van der Waals surface area contributed by atoms with Gasteiger partial charge >= 0.3 is 0 Å². The van der Waals surface area contributed by atoms with Crippen molar-refractivity contribution in [3.63, 3.8) is 0 Å². The number of nitrogens with one attached hydrogen (secondary N) is 1. The van der Waals surface area contributed by atoms with Crippen LogP contribution in [0.5, 0.6) is 0 Å². The second-order valence-corrected chi connectivity index (χ2v) is 5.79. The normalized spacial score (nSPS) is 13.4. The minimum absolute atomic E-state index is 0.191. The van der Waals surface area contributed by atoms with E-state index in [1.54, 1.807) is 19.1 Å². The first-order valence-corrected chi connectivity index (χ1v) is 8.08. The number of amides is 1. The van der Waals surface area contributed by atoms with Gasteiger partial charge in [-0.1, -0.05) is 6.07 Å². The fourth-order valence-electron chi connectivity index (χ4n) is 2.02. The zero-order chi connectivity index (χ0) is 17.0. The number of benzene rings is 1. The van der Waals surface area contributed by atoms with Crippen molar-refractivity contribution in [3.05, 3.63) is 59.3 Å². The average Bonchev–Trinajstić information content (AvgIpc) is 2.56. The Kier molecular flexibility index (Phi) is 5.68. The summed E-state index contributed by atoms with van der Waals surface area (Å²) in [6, 6.07) is 5.65. The molecule has 7 heteroatoms. The van der Waals surface area contributed by atoms with Crippen molar-refractivity contribution in [1.29, 1.82) is 0 Å². The zero-order valence-corrected chi connectivity index (χ0v) is 13.4. The van der Waals surface area contributed by atoms with E-state index in [9.17, 15) is 18.7 Å². The first kappa shape index (κ1) is 17.4. The van der Waals surface area contributed by atoms with Crippen LogP contribution < -0.4 is 5.32 Å². The van der Waals surface area contributed by atoms with Gasteiger partial charge in [0, 0.05) is 11.8 Å². The molecule has 0 radical (unpaired) electrons. The van der Waals surface area contributed by atoms with Crippen LogP contribution in [-0.2, 0) is 0 Å². The third-order valence-corrected chi connectivity index (χ3v) is 3.97. The van der Waals surface area contributed by atoms with E-state index in [4.69, 9.17) is 0 Å².